The molecule has 0 bridgehead atoms. The van der Waals surface area contributed by atoms with Crippen molar-refractivity contribution in [3.63, 3.8) is 0 Å². The molecule has 0 atom stereocenters. The van der Waals surface area contributed by atoms with Gasteiger partial charge >= 0.3 is 5.97 Å². The molecule has 0 aliphatic carbocycles. The van der Waals surface area contributed by atoms with E-state index >= 15 is 0 Å². The normalized spacial score (nSPS) is 10.2. The summed E-state index contributed by atoms with van der Waals surface area (Å²) in [6.07, 6.45) is -0.0133. The minimum Gasteiger partial charge on any atom is -0.481 e. The van der Waals surface area contributed by atoms with E-state index < -0.39 is 5.97 Å². The molecule has 0 aromatic carbocycles. The number of carbonyl (C=O) groups excluding carboxylic acids is 1. The van der Waals surface area contributed by atoms with Crippen LogP contribution in [0.1, 0.15) is 20.3 Å². The number of carboxylic acid groups (broad SMARTS) is 1. The number of hydrogen-bond acceptors (Lipinski definition) is 3. The first-order valence-corrected chi connectivity index (χ1v) is 5.74. The van der Waals surface area contributed by atoms with Gasteiger partial charge in [-0.05, 0) is 11.7 Å². The van der Waals surface area contributed by atoms with Gasteiger partial charge in [0.1, 0.15) is 0 Å². The first kappa shape index (κ1) is 13.3. The minimum atomic E-state index is -0.889. The maximum absolute atomic E-state index is 11.1. The number of carbonyl (C=O) groups is 2. The van der Waals surface area contributed by atoms with Crippen molar-refractivity contribution in [2.45, 2.75) is 20.3 Å². The molecule has 0 saturated heterocycles. The molecular weight excluding hydrogens is 202 g/mol. The smallest absolute Gasteiger partial charge is 0.305 e. The van der Waals surface area contributed by atoms with Gasteiger partial charge in [-0.1, -0.05) is 13.8 Å². The van der Waals surface area contributed by atoms with Crippen LogP contribution in [0.15, 0.2) is 0 Å². The van der Waals surface area contributed by atoms with Crippen LogP contribution in [0.5, 0.6) is 0 Å². The maximum atomic E-state index is 11.1. The van der Waals surface area contributed by atoms with Crippen LogP contribution < -0.4 is 5.32 Å². The second kappa shape index (κ2) is 7.67. The van der Waals surface area contributed by atoms with Crippen molar-refractivity contribution < 1.29 is 14.7 Å². The van der Waals surface area contributed by atoms with Crippen LogP contribution in [0.25, 0.3) is 0 Å². The van der Waals surface area contributed by atoms with Crippen LogP contribution in [-0.2, 0) is 9.59 Å². The monoisotopic (exact) mass is 219 g/mol. The molecule has 0 aromatic heterocycles. The summed E-state index contributed by atoms with van der Waals surface area (Å²) in [6.45, 7) is 4.40. The molecule has 0 aliphatic rings. The highest BCUT2D eigenvalue weighted by Crippen LogP contribution is 2.06. The molecule has 0 spiro atoms. The zero-order valence-corrected chi connectivity index (χ0v) is 9.39. The zero-order chi connectivity index (χ0) is 11.0. The molecule has 0 rings (SSSR count). The summed E-state index contributed by atoms with van der Waals surface area (Å²) in [7, 11) is 0. The molecule has 4 nitrogen and oxygen atoms in total. The average molecular weight is 219 g/mol. The van der Waals surface area contributed by atoms with Crippen LogP contribution in [-0.4, -0.2) is 35.0 Å². The molecule has 0 aromatic rings. The third-order valence-electron chi connectivity index (χ3n) is 1.35. The molecule has 0 saturated carbocycles. The van der Waals surface area contributed by atoms with Gasteiger partial charge in [0.05, 0.1) is 12.2 Å². The fourth-order valence-electron chi connectivity index (χ4n) is 0.747. The van der Waals surface area contributed by atoms with Gasteiger partial charge < -0.3 is 10.4 Å². The molecule has 0 unspecified atom stereocenters. The van der Waals surface area contributed by atoms with E-state index in [0.29, 0.717) is 11.7 Å². The van der Waals surface area contributed by atoms with Crippen molar-refractivity contribution in [3.8, 4) is 0 Å². The Bertz CT molecular complexity index is 194. The van der Waals surface area contributed by atoms with Crippen LogP contribution in [0.2, 0.25) is 0 Å². The largest absolute Gasteiger partial charge is 0.481 e. The van der Waals surface area contributed by atoms with Crippen LogP contribution >= 0.6 is 11.8 Å². The number of thioether (sulfide) groups is 1. The van der Waals surface area contributed by atoms with E-state index in [1.165, 1.54) is 0 Å². The summed E-state index contributed by atoms with van der Waals surface area (Å²) in [4.78, 5) is 21.2. The summed E-state index contributed by atoms with van der Waals surface area (Å²) >= 11 is 1.57. The topological polar surface area (TPSA) is 66.4 Å². The Labute approximate surface area is 88.4 Å². The van der Waals surface area contributed by atoms with Gasteiger partial charge in [0.2, 0.25) is 5.91 Å². The molecule has 2 N–H and O–H groups in total. The summed E-state index contributed by atoms with van der Waals surface area (Å²) in [6, 6.07) is 0. The lowest BCUT2D eigenvalue weighted by atomic mass is 10.3. The second-order valence-electron chi connectivity index (χ2n) is 3.40. The third-order valence-corrected chi connectivity index (χ3v) is 2.71. The van der Waals surface area contributed by atoms with Crippen molar-refractivity contribution in [1.29, 1.82) is 0 Å². The second-order valence-corrected chi connectivity index (χ2v) is 4.43. The standard InChI is InChI=1S/C9H17NO3S/c1-7(2)5-14-6-8(11)10-4-3-9(12)13/h7H,3-6H2,1-2H3,(H,10,11)(H,12,13). The molecule has 14 heavy (non-hydrogen) atoms. The van der Waals surface area contributed by atoms with Crippen molar-refractivity contribution in [2.24, 2.45) is 5.92 Å². The Morgan fingerprint density at radius 1 is 1.43 bits per heavy atom. The van der Waals surface area contributed by atoms with Crippen LogP contribution in [0, 0.1) is 5.92 Å². The van der Waals surface area contributed by atoms with E-state index in [1.54, 1.807) is 11.8 Å². The zero-order valence-electron chi connectivity index (χ0n) is 8.58. The Morgan fingerprint density at radius 2 is 2.07 bits per heavy atom. The van der Waals surface area contributed by atoms with E-state index in [-0.39, 0.29) is 18.9 Å². The Balaban J connectivity index is 3.33. The first-order chi connectivity index (χ1) is 6.52. The molecule has 82 valence electrons. The van der Waals surface area contributed by atoms with E-state index in [0.717, 1.165) is 5.75 Å². The number of aliphatic carboxylic acids is 1. The molecule has 5 heteroatoms. The quantitative estimate of drug-likeness (QED) is 0.669. The number of amides is 1. The lowest BCUT2D eigenvalue weighted by molar-refractivity contribution is -0.136. The van der Waals surface area contributed by atoms with Crippen molar-refractivity contribution in [1.82, 2.24) is 5.32 Å². The Kier molecular flexibility index (Phi) is 7.28. The molecule has 0 fully saturated rings. The predicted molar refractivity (Wildman–Crippen MR) is 57.4 cm³/mol. The van der Waals surface area contributed by atoms with Gasteiger partial charge in [-0.3, -0.25) is 9.59 Å². The molecular formula is C9H17NO3S. The fraction of sp³-hybridized carbons (Fsp3) is 0.778. The third kappa shape index (κ3) is 9.38. The van der Waals surface area contributed by atoms with Gasteiger partial charge in [0.15, 0.2) is 0 Å². The van der Waals surface area contributed by atoms with E-state index in [4.69, 9.17) is 5.11 Å². The minimum absolute atomic E-state index is 0.0133. The lowest BCUT2D eigenvalue weighted by Crippen LogP contribution is -2.27. The highest BCUT2D eigenvalue weighted by Gasteiger charge is 2.03. The van der Waals surface area contributed by atoms with E-state index in [1.807, 2.05) is 0 Å². The Hall–Kier alpha value is -0.710. The molecule has 0 heterocycles. The molecule has 0 radical (unpaired) electrons. The summed E-state index contributed by atoms with van der Waals surface area (Å²) in [5, 5.41) is 10.9. The number of nitrogens with one attached hydrogen (secondary N) is 1. The van der Waals surface area contributed by atoms with Crippen molar-refractivity contribution in [2.75, 3.05) is 18.1 Å². The van der Waals surface area contributed by atoms with Crippen LogP contribution in [0.4, 0.5) is 0 Å². The SMILES string of the molecule is CC(C)CSCC(=O)NCCC(=O)O. The summed E-state index contributed by atoms with van der Waals surface area (Å²) in [5.74, 6) is 0.966. The maximum Gasteiger partial charge on any atom is 0.305 e. The number of rotatable bonds is 7. The number of hydrogen-bond donors (Lipinski definition) is 2. The lowest BCUT2D eigenvalue weighted by Gasteiger charge is -2.05. The predicted octanol–water partition coefficient (Wildman–Crippen LogP) is 0.967. The van der Waals surface area contributed by atoms with Crippen LogP contribution in [0.3, 0.4) is 0 Å². The highest BCUT2D eigenvalue weighted by molar-refractivity contribution is 7.99. The van der Waals surface area contributed by atoms with E-state index in [9.17, 15) is 9.59 Å². The summed E-state index contributed by atoms with van der Waals surface area (Å²) in [5.41, 5.74) is 0. The van der Waals surface area contributed by atoms with Gasteiger partial charge in [0.25, 0.3) is 0 Å². The summed E-state index contributed by atoms with van der Waals surface area (Å²) < 4.78 is 0. The van der Waals surface area contributed by atoms with Gasteiger partial charge in [-0.2, -0.15) is 11.8 Å². The highest BCUT2D eigenvalue weighted by atomic mass is 32.2. The van der Waals surface area contributed by atoms with Gasteiger partial charge in [-0.25, -0.2) is 0 Å². The molecule has 0 aliphatic heterocycles. The number of carboxylic acids is 1. The Morgan fingerprint density at radius 3 is 2.57 bits per heavy atom. The van der Waals surface area contributed by atoms with E-state index in [2.05, 4.69) is 19.2 Å². The molecule has 1 amide bonds. The average Bonchev–Trinajstić information content (AvgIpc) is 2.02. The first-order valence-electron chi connectivity index (χ1n) is 4.58. The van der Waals surface area contributed by atoms with Crippen molar-refractivity contribution in [3.05, 3.63) is 0 Å². The van der Waals surface area contributed by atoms with Gasteiger partial charge in [-0.15, -0.1) is 0 Å². The van der Waals surface area contributed by atoms with Gasteiger partial charge in [0, 0.05) is 6.54 Å². The van der Waals surface area contributed by atoms with Crippen molar-refractivity contribution >= 4 is 23.6 Å². The fourth-order valence-corrected chi connectivity index (χ4v) is 1.62.